The number of aryl methyl sites for hydroxylation is 1. The van der Waals surface area contributed by atoms with E-state index in [0.717, 1.165) is 5.56 Å². The van der Waals surface area contributed by atoms with Crippen molar-refractivity contribution < 1.29 is 23.1 Å². The van der Waals surface area contributed by atoms with E-state index in [9.17, 15) is 14.0 Å². The fourth-order valence-electron chi connectivity index (χ4n) is 2.05. The monoisotopic (exact) mass is 360 g/mol. The molecule has 1 amide bonds. The molecule has 128 valence electrons. The zero-order chi connectivity index (χ0) is 17.8. The van der Waals surface area contributed by atoms with Gasteiger partial charge in [-0.3, -0.25) is 10.1 Å². The summed E-state index contributed by atoms with van der Waals surface area (Å²) in [5.74, 6) is -1.04. The molecule has 3 rings (SSSR count). The number of nitrogens with one attached hydrogen (secondary N) is 1. The molecule has 6 nitrogen and oxygen atoms in total. The van der Waals surface area contributed by atoms with Crippen molar-refractivity contribution in [1.29, 1.82) is 0 Å². The van der Waals surface area contributed by atoms with Gasteiger partial charge in [-0.15, -0.1) is 11.3 Å². The van der Waals surface area contributed by atoms with Crippen LogP contribution in [0.3, 0.4) is 0 Å². The van der Waals surface area contributed by atoms with E-state index in [-0.39, 0.29) is 11.4 Å². The van der Waals surface area contributed by atoms with Crippen LogP contribution < -0.4 is 5.32 Å². The zero-order valence-corrected chi connectivity index (χ0v) is 13.9. The molecule has 25 heavy (non-hydrogen) atoms. The average molecular weight is 360 g/mol. The number of thiazole rings is 1. The van der Waals surface area contributed by atoms with Crippen molar-refractivity contribution in [2.24, 2.45) is 0 Å². The van der Waals surface area contributed by atoms with Gasteiger partial charge in [-0.2, -0.15) is 0 Å². The molecule has 0 atom stereocenters. The van der Waals surface area contributed by atoms with E-state index >= 15 is 0 Å². The molecular formula is C17H13FN2O4S. The average Bonchev–Trinajstić information content (AvgIpc) is 3.22. The van der Waals surface area contributed by atoms with Crippen LogP contribution in [0.1, 0.15) is 16.1 Å². The van der Waals surface area contributed by atoms with Gasteiger partial charge in [0.2, 0.25) is 0 Å². The smallest absolute Gasteiger partial charge is 0.342 e. The summed E-state index contributed by atoms with van der Waals surface area (Å²) in [6.45, 7) is 1.19. The fourth-order valence-corrected chi connectivity index (χ4v) is 2.78. The number of halogens is 1. The number of nitrogens with zero attached hydrogens (tertiary/aromatic N) is 1. The Morgan fingerprint density at radius 2 is 2.04 bits per heavy atom. The van der Waals surface area contributed by atoms with Crippen LogP contribution in [0.25, 0.3) is 11.3 Å². The van der Waals surface area contributed by atoms with Gasteiger partial charge in [-0.05, 0) is 37.3 Å². The molecule has 0 saturated carbocycles. The number of benzene rings is 1. The van der Waals surface area contributed by atoms with Crippen LogP contribution in [-0.2, 0) is 9.53 Å². The first-order chi connectivity index (χ1) is 12.0. The molecule has 0 spiro atoms. The molecule has 2 aromatic heterocycles. The predicted molar refractivity (Wildman–Crippen MR) is 89.9 cm³/mol. The summed E-state index contributed by atoms with van der Waals surface area (Å²) < 4.78 is 22.9. The number of ether oxygens (including phenoxy) is 1. The van der Waals surface area contributed by atoms with Crippen LogP contribution in [0, 0.1) is 12.7 Å². The molecule has 0 fully saturated rings. The predicted octanol–water partition coefficient (Wildman–Crippen LogP) is 3.65. The van der Waals surface area contributed by atoms with Gasteiger partial charge in [-0.1, -0.05) is 0 Å². The third-order valence-electron chi connectivity index (χ3n) is 3.30. The van der Waals surface area contributed by atoms with Crippen molar-refractivity contribution in [3.63, 3.8) is 0 Å². The number of rotatable bonds is 5. The molecule has 0 aliphatic carbocycles. The summed E-state index contributed by atoms with van der Waals surface area (Å²) >= 11 is 1.22. The Hall–Kier alpha value is -3.00. The summed E-state index contributed by atoms with van der Waals surface area (Å²) in [5.41, 5.74) is 1.63. The third kappa shape index (κ3) is 4.10. The highest BCUT2D eigenvalue weighted by Crippen LogP contribution is 2.25. The van der Waals surface area contributed by atoms with Crippen LogP contribution in [0.4, 0.5) is 9.52 Å². The molecule has 0 aliphatic heterocycles. The number of carbonyl (C=O) groups excluding carboxylic acids is 2. The first-order valence-electron chi connectivity index (χ1n) is 7.25. The van der Waals surface area contributed by atoms with E-state index in [1.807, 2.05) is 0 Å². The molecule has 3 aromatic rings. The van der Waals surface area contributed by atoms with Crippen LogP contribution in [0.5, 0.6) is 0 Å². The zero-order valence-electron chi connectivity index (χ0n) is 13.1. The van der Waals surface area contributed by atoms with E-state index in [0.29, 0.717) is 16.6 Å². The number of aromatic nitrogens is 1. The second-order valence-corrected chi connectivity index (χ2v) is 5.92. The van der Waals surface area contributed by atoms with Crippen LogP contribution in [0.15, 0.2) is 46.4 Å². The summed E-state index contributed by atoms with van der Waals surface area (Å²) in [4.78, 5) is 27.9. The first kappa shape index (κ1) is 16.8. The van der Waals surface area contributed by atoms with Gasteiger partial charge < -0.3 is 9.15 Å². The molecule has 0 bridgehead atoms. The van der Waals surface area contributed by atoms with Crippen molar-refractivity contribution in [2.45, 2.75) is 6.92 Å². The molecule has 0 saturated heterocycles. The lowest BCUT2D eigenvalue weighted by Gasteiger charge is -2.03. The summed E-state index contributed by atoms with van der Waals surface area (Å²) in [5, 5.41) is 4.65. The lowest BCUT2D eigenvalue weighted by atomic mass is 10.2. The Kier molecular flexibility index (Phi) is 4.90. The number of anilines is 1. The summed E-state index contributed by atoms with van der Waals surface area (Å²) in [6, 6.07) is 7.36. The SMILES string of the molecule is Cc1occc1C(=O)OCC(=O)Nc1nc(-c2ccc(F)cc2)cs1. The van der Waals surface area contributed by atoms with E-state index in [1.54, 1.807) is 24.4 Å². The minimum atomic E-state index is -0.632. The van der Waals surface area contributed by atoms with Gasteiger partial charge in [-0.25, -0.2) is 14.2 Å². The maximum Gasteiger partial charge on any atom is 0.342 e. The van der Waals surface area contributed by atoms with Gasteiger partial charge >= 0.3 is 5.97 Å². The normalized spacial score (nSPS) is 10.5. The number of hydrogen-bond donors (Lipinski definition) is 1. The third-order valence-corrected chi connectivity index (χ3v) is 4.06. The highest BCUT2D eigenvalue weighted by molar-refractivity contribution is 7.14. The van der Waals surface area contributed by atoms with E-state index < -0.39 is 18.5 Å². The Balaban J connectivity index is 1.56. The Morgan fingerprint density at radius 1 is 1.28 bits per heavy atom. The molecule has 8 heteroatoms. The number of furan rings is 1. The van der Waals surface area contributed by atoms with Gasteiger partial charge in [0, 0.05) is 10.9 Å². The Bertz CT molecular complexity index is 902. The van der Waals surface area contributed by atoms with Gasteiger partial charge in [0.25, 0.3) is 5.91 Å². The lowest BCUT2D eigenvalue weighted by Crippen LogP contribution is -2.20. The molecule has 2 heterocycles. The largest absolute Gasteiger partial charge is 0.469 e. The number of hydrogen-bond acceptors (Lipinski definition) is 6. The van der Waals surface area contributed by atoms with Crippen molar-refractivity contribution in [3.8, 4) is 11.3 Å². The van der Waals surface area contributed by atoms with Crippen molar-refractivity contribution >= 4 is 28.3 Å². The fraction of sp³-hybridized carbons (Fsp3) is 0.118. The number of carbonyl (C=O) groups is 2. The second kappa shape index (κ2) is 7.27. The minimum Gasteiger partial charge on any atom is -0.469 e. The molecule has 0 aliphatic rings. The molecular weight excluding hydrogens is 347 g/mol. The van der Waals surface area contributed by atoms with Crippen molar-refractivity contribution in [3.05, 3.63) is 59.1 Å². The van der Waals surface area contributed by atoms with E-state index in [4.69, 9.17) is 9.15 Å². The van der Waals surface area contributed by atoms with Crippen LogP contribution >= 0.6 is 11.3 Å². The van der Waals surface area contributed by atoms with Gasteiger partial charge in [0.15, 0.2) is 11.7 Å². The summed E-state index contributed by atoms with van der Waals surface area (Å²) in [7, 11) is 0. The van der Waals surface area contributed by atoms with E-state index in [1.165, 1.54) is 35.8 Å². The lowest BCUT2D eigenvalue weighted by molar-refractivity contribution is -0.119. The second-order valence-electron chi connectivity index (χ2n) is 5.06. The topological polar surface area (TPSA) is 81.4 Å². The van der Waals surface area contributed by atoms with Crippen molar-refractivity contribution in [2.75, 3.05) is 11.9 Å². The quantitative estimate of drug-likeness (QED) is 0.703. The van der Waals surface area contributed by atoms with Crippen molar-refractivity contribution in [1.82, 2.24) is 4.98 Å². The van der Waals surface area contributed by atoms with Crippen LogP contribution in [0.2, 0.25) is 0 Å². The molecule has 0 unspecified atom stereocenters. The molecule has 0 radical (unpaired) electrons. The molecule has 1 aromatic carbocycles. The number of esters is 1. The highest BCUT2D eigenvalue weighted by atomic mass is 32.1. The minimum absolute atomic E-state index is 0.278. The maximum atomic E-state index is 12.9. The van der Waals surface area contributed by atoms with Crippen LogP contribution in [-0.4, -0.2) is 23.5 Å². The molecule has 1 N–H and O–H groups in total. The highest BCUT2D eigenvalue weighted by Gasteiger charge is 2.15. The van der Waals surface area contributed by atoms with Gasteiger partial charge in [0.05, 0.1) is 12.0 Å². The van der Waals surface area contributed by atoms with E-state index in [2.05, 4.69) is 10.3 Å². The Morgan fingerprint density at radius 3 is 2.72 bits per heavy atom. The first-order valence-corrected chi connectivity index (χ1v) is 8.13. The number of amides is 1. The van der Waals surface area contributed by atoms with Gasteiger partial charge in [0.1, 0.15) is 17.1 Å². The standard InChI is InChI=1S/C17H13FN2O4S/c1-10-13(6-7-23-10)16(22)24-8-15(21)20-17-19-14(9-25-17)11-2-4-12(18)5-3-11/h2-7,9H,8H2,1H3,(H,19,20,21). The Labute approximate surface area is 146 Å². The maximum absolute atomic E-state index is 12.9. The summed E-state index contributed by atoms with van der Waals surface area (Å²) in [6.07, 6.45) is 1.37.